The number of hydrogen-bond donors (Lipinski definition) is 1. The standard InChI is InChI=1S/C28H32O7.C20H21ClO4/c1-14(29)34-17-12-26(5)16(15-8-10-33-13-15)11-19-28(26,35-19)27(6)21(17)25(4)9-7-18(30)24(2,3)22(25)20(31)23(27)32;1-13(2)24-19(23)20(3,4)25-17-11-7-15(8-12-17)18(22)14-5-9-16(21)10-6-14/h7-10,13,16-17,19,21,31H,11-12H2,1-6H3;5-13H,1-4H3. The maximum Gasteiger partial charge on any atom is 0.350 e. The molecule has 60 heavy (non-hydrogen) atoms. The van der Waals surface area contributed by atoms with Crippen LogP contribution < -0.4 is 4.74 Å². The van der Waals surface area contributed by atoms with Crippen LogP contribution in [0.2, 0.25) is 5.02 Å². The van der Waals surface area contributed by atoms with Gasteiger partial charge in [0, 0.05) is 39.8 Å². The van der Waals surface area contributed by atoms with E-state index in [1.54, 1.807) is 115 Å². The van der Waals surface area contributed by atoms with Crippen LogP contribution in [-0.2, 0) is 33.4 Å². The highest BCUT2D eigenvalue weighted by molar-refractivity contribution is 6.30. The molecule has 8 unspecified atom stereocenters. The van der Waals surface area contributed by atoms with Gasteiger partial charge in [-0.3, -0.25) is 19.2 Å². The predicted octanol–water partition coefficient (Wildman–Crippen LogP) is 9.11. The van der Waals surface area contributed by atoms with Gasteiger partial charge in [-0.25, -0.2) is 4.79 Å². The number of allylic oxidation sites excluding steroid dienone is 4. The van der Waals surface area contributed by atoms with Crippen molar-refractivity contribution >= 4 is 40.9 Å². The maximum absolute atomic E-state index is 14.3. The fourth-order valence-corrected chi connectivity index (χ4v) is 11.5. The van der Waals surface area contributed by atoms with Gasteiger partial charge in [0.25, 0.3) is 0 Å². The molecule has 11 nitrogen and oxygen atoms in total. The van der Waals surface area contributed by atoms with Crippen molar-refractivity contribution in [3.05, 3.63) is 112 Å². The van der Waals surface area contributed by atoms with E-state index in [4.69, 9.17) is 35.0 Å². The van der Waals surface area contributed by atoms with Gasteiger partial charge in [-0.15, -0.1) is 0 Å². The fraction of sp³-hybridized carbons (Fsp3) is 0.479. The molecule has 5 aliphatic rings. The second kappa shape index (κ2) is 14.6. The van der Waals surface area contributed by atoms with E-state index >= 15 is 0 Å². The number of hydrogen-bond acceptors (Lipinski definition) is 11. The highest BCUT2D eigenvalue weighted by Crippen LogP contribution is 2.81. The lowest BCUT2D eigenvalue weighted by Crippen LogP contribution is -2.70. The summed E-state index contributed by atoms with van der Waals surface area (Å²) in [6.45, 7) is 17.7. The topological polar surface area (TPSA) is 159 Å². The number of benzene rings is 2. The molecule has 1 aromatic heterocycles. The SMILES string of the molecule is CC(=O)OC1CC2(C)C(c3ccoc3)CC3OC32C2(C)C(=O)C(O)=C3C(C)(C)C(=O)C=CC3(C)C12.CC(C)OC(=O)C(C)(C)Oc1ccc(C(=O)c2ccc(Cl)cc2)cc1. The van der Waals surface area contributed by atoms with Gasteiger partial charge < -0.3 is 28.5 Å². The van der Waals surface area contributed by atoms with Crippen LogP contribution in [0.1, 0.15) is 109 Å². The number of Topliss-reactive ketones (excluding diaryl/α,β-unsaturated/α-hetero) is 1. The zero-order valence-corrected chi connectivity index (χ0v) is 36.5. The smallest absolute Gasteiger partial charge is 0.350 e. The van der Waals surface area contributed by atoms with Crippen molar-refractivity contribution in [1.82, 2.24) is 0 Å². The minimum absolute atomic E-state index is 0.0453. The molecule has 1 saturated heterocycles. The Kier molecular flexibility index (Phi) is 10.5. The van der Waals surface area contributed by atoms with Crippen LogP contribution in [0.3, 0.4) is 0 Å². The van der Waals surface area contributed by atoms with E-state index in [9.17, 15) is 29.1 Å². The predicted molar refractivity (Wildman–Crippen MR) is 222 cm³/mol. The molecule has 1 aliphatic heterocycles. The summed E-state index contributed by atoms with van der Waals surface area (Å²) >= 11 is 5.84. The third-order valence-corrected chi connectivity index (χ3v) is 14.1. The lowest BCUT2D eigenvalue weighted by Gasteiger charge is -2.64. The van der Waals surface area contributed by atoms with Gasteiger partial charge in [0.1, 0.15) is 17.5 Å². The summed E-state index contributed by atoms with van der Waals surface area (Å²) in [5, 5.41) is 12.1. The second-order valence-electron chi connectivity index (χ2n) is 18.7. The molecule has 2 aromatic carbocycles. The summed E-state index contributed by atoms with van der Waals surface area (Å²) in [7, 11) is 0. The molecule has 8 rings (SSSR count). The fourth-order valence-electron chi connectivity index (χ4n) is 11.4. The summed E-state index contributed by atoms with van der Waals surface area (Å²) in [4.78, 5) is 64.1. The largest absolute Gasteiger partial charge is 0.504 e. The molecule has 2 heterocycles. The molecule has 3 aromatic rings. The Hall–Kier alpha value is -5.00. The van der Waals surface area contributed by atoms with Gasteiger partial charge >= 0.3 is 11.9 Å². The van der Waals surface area contributed by atoms with E-state index in [1.807, 2.05) is 19.9 Å². The molecule has 4 aliphatic carbocycles. The first-order chi connectivity index (χ1) is 28.0. The Morgan fingerprint density at radius 2 is 1.55 bits per heavy atom. The third kappa shape index (κ3) is 6.46. The molecule has 8 atom stereocenters. The van der Waals surface area contributed by atoms with Crippen LogP contribution in [0.25, 0.3) is 0 Å². The number of furan rings is 1. The first-order valence-corrected chi connectivity index (χ1v) is 20.7. The van der Waals surface area contributed by atoms with Crippen molar-refractivity contribution in [3.8, 4) is 5.75 Å². The Balaban J connectivity index is 0.000000193. The number of rotatable bonds is 8. The highest BCUT2D eigenvalue weighted by atomic mass is 35.5. The molecule has 1 N–H and O–H groups in total. The van der Waals surface area contributed by atoms with E-state index in [1.165, 1.54) is 6.92 Å². The van der Waals surface area contributed by atoms with Gasteiger partial charge in [0.2, 0.25) is 5.78 Å². The Morgan fingerprint density at radius 1 is 0.933 bits per heavy atom. The van der Waals surface area contributed by atoms with E-state index in [-0.39, 0.29) is 35.5 Å². The van der Waals surface area contributed by atoms with Crippen LogP contribution in [-0.4, -0.2) is 63.9 Å². The number of ether oxygens (including phenoxy) is 4. The highest BCUT2D eigenvalue weighted by Gasteiger charge is 2.89. The number of aliphatic hydroxyl groups excluding tert-OH is 1. The minimum atomic E-state index is -1.17. The first kappa shape index (κ1) is 43.1. The van der Waals surface area contributed by atoms with Crippen LogP contribution >= 0.6 is 11.6 Å². The molecular formula is C48H53ClO11. The van der Waals surface area contributed by atoms with E-state index in [2.05, 4.69) is 6.92 Å². The van der Waals surface area contributed by atoms with Gasteiger partial charge in [-0.2, -0.15) is 0 Å². The van der Waals surface area contributed by atoms with E-state index in [0.29, 0.717) is 40.3 Å². The average molecular weight is 841 g/mol. The van der Waals surface area contributed by atoms with Crippen molar-refractivity contribution in [3.63, 3.8) is 0 Å². The Morgan fingerprint density at radius 3 is 2.12 bits per heavy atom. The van der Waals surface area contributed by atoms with E-state index in [0.717, 1.165) is 5.56 Å². The third-order valence-electron chi connectivity index (χ3n) is 13.8. The van der Waals surface area contributed by atoms with Gasteiger partial charge in [-0.1, -0.05) is 31.5 Å². The number of aliphatic hydroxyl groups is 1. The minimum Gasteiger partial charge on any atom is -0.504 e. The molecule has 318 valence electrons. The number of carbonyl (C=O) groups excluding carboxylic acids is 5. The number of halogens is 1. The van der Waals surface area contributed by atoms with Crippen molar-refractivity contribution in [1.29, 1.82) is 0 Å². The Bertz CT molecular complexity index is 2300. The van der Waals surface area contributed by atoms with Gasteiger partial charge in [0.05, 0.1) is 35.6 Å². The lowest BCUT2D eigenvalue weighted by atomic mass is 9.38. The zero-order valence-electron chi connectivity index (χ0n) is 35.7. The summed E-state index contributed by atoms with van der Waals surface area (Å²) < 4.78 is 28.8. The number of fused-ring (bicyclic) bond motifs is 3. The lowest BCUT2D eigenvalue weighted by molar-refractivity contribution is -0.200. The summed E-state index contributed by atoms with van der Waals surface area (Å²) in [5.74, 6) is -1.90. The summed E-state index contributed by atoms with van der Waals surface area (Å²) in [5.41, 5.74) is -3.10. The quantitative estimate of drug-likeness (QED) is 0.131. The zero-order chi connectivity index (χ0) is 44.0. The molecule has 3 fully saturated rings. The number of carbonyl (C=O) groups is 5. The van der Waals surface area contributed by atoms with Crippen molar-refractivity contribution in [2.75, 3.05) is 0 Å². The molecule has 2 saturated carbocycles. The van der Waals surface area contributed by atoms with Crippen molar-refractivity contribution in [2.45, 2.75) is 118 Å². The number of esters is 2. The molecule has 1 spiro atoms. The maximum atomic E-state index is 14.3. The number of epoxide rings is 1. The van der Waals surface area contributed by atoms with E-state index < -0.39 is 62.6 Å². The normalized spacial score (nSPS) is 32.1. The van der Waals surface area contributed by atoms with Crippen molar-refractivity contribution in [2.24, 2.45) is 27.6 Å². The average Bonchev–Trinajstić information content (AvgIpc) is 3.53. The first-order valence-electron chi connectivity index (χ1n) is 20.4. The monoisotopic (exact) mass is 840 g/mol. The number of ketones is 3. The second-order valence-corrected chi connectivity index (χ2v) is 19.2. The molecule has 12 heteroatoms. The van der Waals surface area contributed by atoms with Crippen LogP contribution in [0.15, 0.2) is 95.0 Å². The van der Waals surface area contributed by atoms with Crippen molar-refractivity contribution < 1.29 is 52.4 Å². The van der Waals surface area contributed by atoms with Gasteiger partial charge in [-0.05, 0) is 139 Å². The Labute approximate surface area is 355 Å². The van der Waals surface area contributed by atoms with Gasteiger partial charge in [0.15, 0.2) is 22.9 Å². The van der Waals surface area contributed by atoms with Crippen LogP contribution in [0.5, 0.6) is 5.75 Å². The molecular weight excluding hydrogens is 788 g/mol. The molecule has 0 bridgehead atoms. The van der Waals surface area contributed by atoms with Crippen LogP contribution in [0, 0.1) is 27.6 Å². The molecule has 0 radical (unpaired) electrons. The summed E-state index contributed by atoms with van der Waals surface area (Å²) in [6.07, 6.45) is 6.96. The summed E-state index contributed by atoms with van der Waals surface area (Å²) in [6, 6.07) is 15.3. The molecule has 0 amide bonds. The van der Waals surface area contributed by atoms with Crippen LogP contribution in [0.4, 0.5) is 0 Å².